The minimum atomic E-state index is -0.109. The molecule has 1 fully saturated rings. The monoisotopic (exact) mass is 299 g/mol. The van der Waals surface area contributed by atoms with Crippen LogP contribution in [0.15, 0.2) is 54.6 Å². The number of hydroxylamine groups is 2. The van der Waals surface area contributed by atoms with Gasteiger partial charge in [0.25, 0.3) is 0 Å². The Labute approximate surface area is 130 Å². The molecule has 1 aliphatic rings. The molecule has 4 nitrogen and oxygen atoms in total. The van der Waals surface area contributed by atoms with Crippen LogP contribution in [0.4, 0.5) is 0 Å². The van der Waals surface area contributed by atoms with Crippen molar-refractivity contribution in [2.24, 2.45) is 0 Å². The first-order valence-electron chi connectivity index (χ1n) is 7.58. The third-order valence-electron chi connectivity index (χ3n) is 3.98. The molecule has 2 aromatic rings. The molecule has 0 radical (unpaired) electrons. The van der Waals surface area contributed by atoms with E-state index in [1.54, 1.807) is 0 Å². The van der Waals surface area contributed by atoms with Crippen LogP contribution >= 0.6 is 0 Å². The topological polar surface area (TPSA) is 41.9 Å². The first-order chi connectivity index (χ1) is 10.7. The van der Waals surface area contributed by atoms with E-state index in [9.17, 15) is 5.21 Å². The van der Waals surface area contributed by atoms with E-state index in [0.29, 0.717) is 19.8 Å². The Morgan fingerprint density at radius 3 is 2.59 bits per heavy atom. The second kappa shape index (κ2) is 6.92. The molecule has 2 aromatic carbocycles. The zero-order valence-corrected chi connectivity index (χ0v) is 12.7. The van der Waals surface area contributed by atoms with E-state index in [4.69, 9.17) is 9.47 Å². The van der Waals surface area contributed by atoms with Crippen LogP contribution in [0.2, 0.25) is 0 Å². The Morgan fingerprint density at radius 2 is 1.86 bits per heavy atom. The van der Waals surface area contributed by atoms with Crippen molar-refractivity contribution in [2.75, 3.05) is 13.2 Å². The largest absolute Gasteiger partial charge is 0.489 e. The van der Waals surface area contributed by atoms with Gasteiger partial charge in [-0.1, -0.05) is 42.5 Å². The SMILES string of the molecule is CC1C(c2ccc(OCc3ccccc3)cc2)OCCN1O. The Balaban J connectivity index is 1.62. The minimum Gasteiger partial charge on any atom is -0.489 e. The second-order valence-electron chi connectivity index (χ2n) is 5.54. The van der Waals surface area contributed by atoms with Crippen molar-refractivity contribution in [1.29, 1.82) is 0 Å². The van der Waals surface area contributed by atoms with Crippen LogP contribution in [0.25, 0.3) is 0 Å². The fourth-order valence-corrected chi connectivity index (χ4v) is 2.64. The molecule has 22 heavy (non-hydrogen) atoms. The van der Waals surface area contributed by atoms with E-state index < -0.39 is 0 Å². The summed E-state index contributed by atoms with van der Waals surface area (Å²) in [5.74, 6) is 0.830. The van der Waals surface area contributed by atoms with Gasteiger partial charge in [-0.25, -0.2) is 0 Å². The molecule has 116 valence electrons. The normalized spacial score (nSPS) is 22.5. The molecule has 0 saturated carbocycles. The van der Waals surface area contributed by atoms with Gasteiger partial charge < -0.3 is 14.7 Å². The highest BCUT2D eigenvalue weighted by Crippen LogP contribution is 2.28. The van der Waals surface area contributed by atoms with Gasteiger partial charge in [0.2, 0.25) is 0 Å². The first kappa shape index (κ1) is 15.0. The summed E-state index contributed by atoms with van der Waals surface area (Å²) in [4.78, 5) is 0. The molecule has 1 heterocycles. The first-order valence-corrected chi connectivity index (χ1v) is 7.58. The number of nitrogens with zero attached hydrogens (tertiary/aromatic N) is 1. The lowest BCUT2D eigenvalue weighted by Crippen LogP contribution is -2.43. The van der Waals surface area contributed by atoms with Crippen LogP contribution in [-0.2, 0) is 11.3 Å². The molecule has 2 atom stereocenters. The molecular formula is C18H21NO3. The van der Waals surface area contributed by atoms with E-state index in [1.165, 1.54) is 5.06 Å². The van der Waals surface area contributed by atoms with Gasteiger partial charge in [-0.3, -0.25) is 0 Å². The highest BCUT2D eigenvalue weighted by Gasteiger charge is 2.28. The zero-order valence-electron chi connectivity index (χ0n) is 12.7. The molecule has 3 rings (SSSR count). The molecule has 0 bridgehead atoms. The third-order valence-corrected chi connectivity index (χ3v) is 3.98. The summed E-state index contributed by atoms with van der Waals surface area (Å²) in [6.07, 6.45) is -0.109. The average molecular weight is 299 g/mol. The van der Waals surface area contributed by atoms with Crippen molar-refractivity contribution in [3.63, 3.8) is 0 Å². The standard InChI is InChI=1S/C18H21NO3/c1-14-18(21-12-11-19(14)20)16-7-9-17(10-8-16)22-13-15-5-3-2-4-6-15/h2-10,14,18,20H,11-13H2,1H3. The average Bonchev–Trinajstić information content (AvgIpc) is 2.57. The van der Waals surface area contributed by atoms with Crippen LogP contribution in [-0.4, -0.2) is 29.5 Å². The summed E-state index contributed by atoms with van der Waals surface area (Å²) >= 11 is 0. The van der Waals surface area contributed by atoms with Crippen LogP contribution in [0, 0.1) is 0 Å². The Hall–Kier alpha value is -1.88. The lowest BCUT2D eigenvalue weighted by molar-refractivity contribution is -0.204. The summed E-state index contributed by atoms with van der Waals surface area (Å²) in [5.41, 5.74) is 2.20. The van der Waals surface area contributed by atoms with E-state index in [0.717, 1.165) is 16.9 Å². The van der Waals surface area contributed by atoms with E-state index >= 15 is 0 Å². The molecule has 1 aliphatic heterocycles. The summed E-state index contributed by atoms with van der Waals surface area (Å²) < 4.78 is 11.6. The predicted octanol–water partition coefficient (Wildman–Crippen LogP) is 3.42. The predicted molar refractivity (Wildman–Crippen MR) is 83.9 cm³/mol. The zero-order chi connectivity index (χ0) is 15.4. The van der Waals surface area contributed by atoms with Gasteiger partial charge in [0.1, 0.15) is 18.5 Å². The van der Waals surface area contributed by atoms with Crippen molar-refractivity contribution < 1.29 is 14.7 Å². The maximum absolute atomic E-state index is 9.80. The highest BCUT2D eigenvalue weighted by atomic mass is 16.5. The van der Waals surface area contributed by atoms with Gasteiger partial charge in [0.05, 0.1) is 12.6 Å². The van der Waals surface area contributed by atoms with E-state index in [-0.39, 0.29) is 12.1 Å². The molecule has 0 aliphatic carbocycles. The Bertz CT molecular complexity index is 585. The maximum Gasteiger partial charge on any atom is 0.119 e. The molecule has 0 aromatic heterocycles. The molecule has 4 heteroatoms. The maximum atomic E-state index is 9.80. The second-order valence-corrected chi connectivity index (χ2v) is 5.54. The van der Waals surface area contributed by atoms with Crippen molar-refractivity contribution >= 4 is 0 Å². The van der Waals surface area contributed by atoms with Gasteiger partial charge in [-0.15, -0.1) is 0 Å². The summed E-state index contributed by atoms with van der Waals surface area (Å²) in [7, 11) is 0. The highest BCUT2D eigenvalue weighted by molar-refractivity contribution is 5.30. The van der Waals surface area contributed by atoms with Gasteiger partial charge in [-0.05, 0) is 30.2 Å². The van der Waals surface area contributed by atoms with Crippen molar-refractivity contribution in [1.82, 2.24) is 5.06 Å². The molecule has 2 unspecified atom stereocenters. The molecule has 0 amide bonds. The molecular weight excluding hydrogens is 278 g/mol. The number of ether oxygens (including phenoxy) is 2. The number of morpholine rings is 1. The molecule has 0 spiro atoms. The quantitative estimate of drug-likeness (QED) is 0.939. The molecule has 1 N–H and O–H groups in total. The number of hydrogen-bond donors (Lipinski definition) is 1. The van der Waals surface area contributed by atoms with Crippen molar-refractivity contribution in [3.8, 4) is 5.75 Å². The van der Waals surface area contributed by atoms with Gasteiger partial charge in [0.15, 0.2) is 0 Å². The van der Waals surface area contributed by atoms with Gasteiger partial charge in [-0.2, -0.15) is 5.06 Å². The molecule has 1 saturated heterocycles. The van der Waals surface area contributed by atoms with Crippen molar-refractivity contribution in [3.05, 3.63) is 65.7 Å². The summed E-state index contributed by atoms with van der Waals surface area (Å²) in [5, 5.41) is 11.1. The Morgan fingerprint density at radius 1 is 1.14 bits per heavy atom. The van der Waals surface area contributed by atoms with Gasteiger partial charge >= 0.3 is 0 Å². The Kier molecular flexibility index (Phi) is 4.73. The smallest absolute Gasteiger partial charge is 0.119 e. The number of hydrogen-bond acceptors (Lipinski definition) is 4. The van der Waals surface area contributed by atoms with Crippen LogP contribution in [0.1, 0.15) is 24.2 Å². The minimum absolute atomic E-state index is 0.0511. The van der Waals surface area contributed by atoms with Crippen LogP contribution in [0.5, 0.6) is 5.75 Å². The number of benzene rings is 2. The lowest BCUT2D eigenvalue weighted by Gasteiger charge is -2.35. The summed E-state index contributed by atoms with van der Waals surface area (Å²) in [6, 6.07) is 17.9. The lowest BCUT2D eigenvalue weighted by atomic mass is 10.0. The number of rotatable bonds is 4. The summed E-state index contributed by atoms with van der Waals surface area (Å²) in [6.45, 7) is 3.61. The third kappa shape index (κ3) is 3.47. The van der Waals surface area contributed by atoms with E-state index in [2.05, 4.69) is 0 Å². The van der Waals surface area contributed by atoms with Gasteiger partial charge in [0, 0.05) is 6.54 Å². The fourth-order valence-electron chi connectivity index (χ4n) is 2.64. The van der Waals surface area contributed by atoms with E-state index in [1.807, 2.05) is 61.5 Å². The van der Waals surface area contributed by atoms with Crippen molar-refractivity contribution in [2.45, 2.75) is 25.7 Å². The fraction of sp³-hybridized carbons (Fsp3) is 0.333. The van der Waals surface area contributed by atoms with Crippen LogP contribution < -0.4 is 4.74 Å². The van der Waals surface area contributed by atoms with Crippen LogP contribution in [0.3, 0.4) is 0 Å².